The molecule has 0 radical (unpaired) electrons. The first kappa shape index (κ1) is 31.4. The third-order valence-corrected chi connectivity index (χ3v) is 4.22. The molecule has 2 atom stereocenters. The number of hydrogen-bond acceptors (Lipinski definition) is 8. The van der Waals surface area contributed by atoms with Crippen LogP contribution in [-0.2, 0) is 28.7 Å². The number of rotatable bonds is 12. The molecule has 2 unspecified atom stereocenters. The largest absolute Gasteiger partial charge is 0.450 e. The highest BCUT2D eigenvalue weighted by molar-refractivity contribution is 6.12. The van der Waals surface area contributed by atoms with Gasteiger partial charge >= 0.3 is 12.2 Å². The Bertz CT molecular complexity index is 753. The van der Waals surface area contributed by atoms with Crippen LogP contribution in [0.2, 0.25) is 0 Å². The molecule has 0 aromatic carbocycles. The van der Waals surface area contributed by atoms with Gasteiger partial charge in [0.1, 0.15) is 6.04 Å². The summed E-state index contributed by atoms with van der Waals surface area (Å²) < 4.78 is 9.59. The molecule has 6 amide bonds. The predicted octanol–water partition coefficient (Wildman–Crippen LogP) is 0.451. The van der Waals surface area contributed by atoms with Crippen molar-refractivity contribution in [3.8, 4) is 0 Å². The number of amides is 6. The molecule has 198 valence electrons. The summed E-state index contributed by atoms with van der Waals surface area (Å²) in [6.07, 6.45) is 2.16. The summed E-state index contributed by atoms with van der Waals surface area (Å²) >= 11 is 0. The molecule has 0 aromatic rings. The topological polar surface area (TPSA) is 181 Å². The molecule has 1 aliphatic heterocycles. The molecule has 5 N–H and O–H groups in total. The minimum absolute atomic E-state index is 0.185. The van der Waals surface area contributed by atoms with E-state index in [1.807, 2.05) is 5.32 Å². The lowest BCUT2D eigenvalue weighted by atomic mass is 10.1. The fourth-order valence-corrected chi connectivity index (χ4v) is 2.52. The average molecular weight is 500 g/mol. The average Bonchev–Trinajstić information content (AvgIpc) is 3.15. The van der Waals surface area contributed by atoms with E-state index in [-0.39, 0.29) is 30.2 Å². The normalized spacial score (nSPS) is 13.5. The Kier molecular flexibility index (Phi) is 15.9. The first-order chi connectivity index (χ1) is 16.5. The predicted molar refractivity (Wildman–Crippen MR) is 126 cm³/mol. The van der Waals surface area contributed by atoms with Gasteiger partial charge in [0.2, 0.25) is 11.8 Å². The van der Waals surface area contributed by atoms with Crippen LogP contribution >= 0.6 is 0 Å². The van der Waals surface area contributed by atoms with Crippen molar-refractivity contribution in [1.82, 2.24) is 26.6 Å². The molecule has 0 aliphatic carbocycles. The smallest absolute Gasteiger partial charge is 0.407 e. The van der Waals surface area contributed by atoms with E-state index < -0.39 is 30.3 Å². The molecule has 0 bridgehead atoms. The highest BCUT2D eigenvalue weighted by Gasteiger charge is 2.23. The van der Waals surface area contributed by atoms with E-state index in [0.29, 0.717) is 32.4 Å². The summed E-state index contributed by atoms with van der Waals surface area (Å²) in [5.74, 6) is -1.48. The van der Waals surface area contributed by atoms with Crippen LogP contribution in [-0.4, -0.2) is 67.8 Å². The van der Waals surface area contributed by atoms with Crippen LogP contribution in [0.4, 0.5) is 9.59 Å². The van der Waals surface area contributed by atoms with Gasteiger partial charge in [0.25, 0.3) is 11.8 Å². The molecule has 13 heteroatoms. The molecule has 1 heterocycles. The van der Waals surface area contributed by atoms with Crippen molar-refractivity contribution in [2.45, 2.75) is 66.1 Å². The number of nitrogens with one attached hydrogen (secondary N) is 5. The maximum absolute atomic E-state index is 12.5. The molecule has 1 rings (SSSR count). The molecule has 0 spiro atoms. The van der Waals surface area contributed by atoms with Gasteiger partial charge in [0.15, 0.2) is 0 Å². The number of unbranched alkanes of at least 4 members (excludes halogenated alkanes) is 1. The molecule has 0 saturated heterocycles. The summed E-state index contributed by atoms with van der Waals surface area (Å²) in [6, 6.07) is -0.819. The summed E-state index contributed by atoms with van der Waals surface area (Å²) in [5, 5.41) is 12.5. The molecule has 35 heavy (non-hydrogen) atoms. The van der Waals surface area contributed by atoms with Crippen molar-refractivity contribution in [1.29, 1.82) is 0 Å². The van der Waals surface area contributed by atoms with E-state index in [1.54, 1.807) is 34.6 Å². The number of ether oxygens (including phenoxy) is 2. The third kappa shape index (κ3) is 15.8. The standard InChI is InChI=1S/C18H34N4O6.C4H3NO2/c1-6-27-17(25)19-11-9-8-10-14(22-18(26)28-7-2)16(24)21-13(5)20-15(23)12(3)4;6-3-1-2-4(7)5-3/h12-14H,6-11H2,1-5H3,(H,19,25)(H,20,23)(H,21,24)(H,22,26);1-2H,(H,5,6,7). The zero-order valence-electron chi connectivity index (χ0n) is 20.9. The maximum Gasteiger partial charge on any atom is 0.407 e. The Labute approximate surface area is 205 Å². The van der Waals surface area contributed by atoms with Crippen LogP contribution in [0.1, 0.15) is 53.9 Å². The number of carbonyl (C=O) groups excluding carboxylic acids is 6. The van der Waals surface area contributed by atoms with Crippen LogP contribution in [0.3, 0.4) is 0 Å². The van der Waals surface area contributed by atoms with Crippen molar-refractivity contribution in [3.63, 3.8) is 0 Å². The zero-order valence-corrected chi connectivity index (χ0v) is 20.9. The van der Waals surface area contributed by atoms with Gasteiger partial charge in [0, 0.05) is 24.6 Å². The van der Waals surface area contributed by atoms with Crippen molar-refractivity contribution < 1.29 is 38.2 Å². The molecule has 0 saturated carbocycles. The summed E-state index contributed by atoms with van der Waals surface area (Å²) in [7, 11) is 0. The fourth-order valence-electron chi connectivity index (χ4n) is 2.52. The van der Waals surface area contributed by atoms with Gasteiger partial charge < -0.3 is 30.7 Å². The van der Waals surface area contributed by atoms with Crippen molar-refractivity contribution in [2.24, 2.45) is 5.92 Å². The van der Waals surface area contributed by atoms with Gasteiger partial charge in [-0.25, -0.2) is 9.59 Å². The molecular formula is C22H37N5O8. The Morgan fingerprint density at radius 3 is 1.86 bits per heavy atom. The van der Waals surface area contributed by atoms with E-state index in [4.69, 9.17) is 9.47 Å². The Balaban J connectivity index is 0.00000140. The quantitative estimate of drug-likeness (QED) is 0.146. The first-order valence-electron chi connectivity index (χ1n) is 11.5. The molecule has 0 fully saturated rings. The van der Waals surface area contributed by atoms with Crippen LogP contribution in [0.15, 0.2) is 12.2 Å². The maximum atomic E-state index is 12.5. The lowest BCUT2D eigenvalue weighted by Gasteiger charge is -2.22. The second kappa shape index (κ2) is 17.8. The van der Waals surface area contributed by atoms with Crippen LogP contribution < -0.4 is 26.6 Å². The second-order valence-corrected chi connectivity index (χ2v) is 7.64. The van der Waals surface area contributed by atoms with Gasteiger partial charge in [-0.15, -0.1) is 0 Å². The molecule has 13 nitrogen and oxygen atoms in total. The van der Waals surface area contributed by atoms with Gasteiger partial charge in [0.05, 0.1) is 19.4 Å². The highest BCUT2D eigenvalue weighted by atomic mass is 16.6. The number of hydrogen-bond donors (Lipinski definition) is 5. The number of imide groups is 1. The SMILES string of the molecule is CCOC(=O)NCCCCC(NC(=O)OCC)C(=O)NC(C)NC(=O)C(C)C.O=C1C=CC(=O)N1. The molecule has 1 aliphatic rings. The summed E-state index contributed by atoms with van der Waals surface area (Å²) in [6.45, 7) is 9.40. The van der Waals surface area contributed by atoms with E-state index in [1.165, 1.54) is 12.2 Å². The van der Waals surface area contributed by atoms with Gasteiger partial charge in [-0.2, -0.15) is 0 Å². The van der Waals surface area contributed by atoms with Crippen molar-refractivity contribution >= 4 is 35.8 Å². The summed E-state index contributed by atoms with van der Waals surface area (Å²) in [5.41, 5.74) is 0. The van der Waals surface area contributed by atoms with Crippen molar-refractivity contribution in [3.05, 3.63) is 12.2 Å². The van der Waals surface area contributed by atoms with Gasteiger partial charge in [-0.05, 0) is 40.0 Å². The lowest BCUT2D eigenvalue weighted by molar-refractivity contribution is -0.127. The second-order valence-electron chi connectivity index (χ2n) is 7.64. The summed E-state index contributed by atoms with van der Waals surface area (Å²) in [4.78, 5) is 67.2. The van der Waals surface area contributed by atoms with Crippen molar-refractivity contribution in [2.75, 3.05) is 19.8 Å². The minimum Gasteiger partial charge on any atom is -0.450 e. The minimum atomic E-state index is -0.819. The third-order valence-electron chi connectivity index (χ3n) is 4.22. The van der Waals surface area contributed by atoms with Crippen LogP contribution in [0.5, 0.6) is 0 Å². The lowest BCUT2D eigenvalue weighted by Crippen LogP contribution is -2.54. The Morgan fingerprint density at radius 1 is 0.829 bits per heavy atom. The monoisotopic (exact) mass is 499 g/mol. The molecular weight excluding hydrogens is 462 g/mol. The van der Waals surface area contributed by atoms with Gasteiger partial charge in [-0.1, -0.05) is 13.8 Å². The first-order valence-corrected chi connectivity index (χ1v) is 11.5. The van der Waals surface area contributed by atoms with E-state index in [9.17, 15) is 28.8 Å². The van der Waals surface area contributed by atoms with E-state index in [2.05, 4.69) is 21.3 Å². The van der Waals surface area contributed by atoms with E-state index >= 15 is 0 Å². The fraction of sp³-hybridized carbons (Fsp3) is 0.636. The number of alkyl carbamates (subject to hydrolysis) is 2. The van der Waals surface area contributed by atoms with Crippen LogP contribution in [0.25, 0.3) is 0 Å². The highest BCUT2D eigenvalue weighted by Crippen LogP contribution is 2.03. The molecule has 0 aromatic heterocycles. The van der Waals surface area contributed by atoms with Crippen LogP contribution in [0, 0.1) is 5.92 Å². The zero-order chi connectivity index (χ0) is 26.8. The Morgan fingerprint density at radius 2 is 1.37 bits per heavy atom. The number of carbonyl (C=O) groups is 6. The Hall–Kier alpha value is -3.64. The van der Waals surface area contributed by atoms with E-state index in [0.717, 1.165) is 0 Å². The van der Waals surface area contributed by atoms with Gasteiger partial charge in [-0.3, -0.25) is 24.5 Å².